The molecule has 31 heavy (non-hydrogen) atoms. The van der Waals surface area contributed by atoms with Crippen molar-refractivity contribution in [2.45, 2.75) is 39.8 Å². The topological polar surface area (TPSA) is 92.0 Å². The highest BCUT2D eigenvalue weighted by molar-refractivity contribution is 14.0. The zero-order chi connectivity index (χ0) is 22.1. The maximum atomic E-state index is 12.1. The summed E-state index contributed by atoms with van der Waals surface area (Å²) in [6.07, 6.45) is 1.32. The van der Waals surface area contributed by atoms with Gasteiger partial charge >= 0.3 is 6.09 Å². The van der Waals surface area contributed by atoms with Crippen molar-refractivity contribution in [2.75, 3.05) is 27.2 Å². The molecule has 0 saturated carbocycles. The van der Waals surface area contributed by atoms with Crippen molar-refractivity contribution < 1.29 is 13.9 Å². The molecule has 0 fully saturated rings. The number of ether oxygens (including phenoxy) is 1. The van der Waals surface area contributed by atoms with Gasteiger partial charge in [-0.25, -0.2) is 9.78 Å². The molecule has 1 aromatic carbocycles. The van der Waals surface area contributed by atoms with E-state index in [1.807, 2.05) is 51.1 Å². The van der Waals surface area contributed by atoms with Crippen LogP contribution in [0, 0.1) is 5.92 Å². The molecule has 0 aliphatic rings. The molecule has 172 valence electrons. The Hall–Kier alpha value is -2.30. The molecule has 0 bridgehead atoms. The van der Waals surface area contributed by atoms with Gasteiger partial charge in [-0.1, -0.05) is 25.1 Å². The maximum Gasteiger partial charge on any atom is 0.410 e. The van der Waals surface area contributed by atoms with Crippen LogP contribution in [0.3, 0.4) is 0 Å². The highest BCUT2D eigenvalue weighted by Gasteiger charge is 2.20. The van der Waals surface area contributed by atoms with Crippen LogP contribution in [-0.2, 0) is 11.3 Å². The zero-order valence-electron chi connectivity index (χ0n) is 19.1. The molecular weight excluding hydrogens is 509 g/mol. The molecule has 0 spiro atoms. The highest BCUT2D eigenvalue weighted by atomic mass is 127. The van der Waals surface area contributed by atoms with Crippen molar-refractivity contribution in [3.05, 3.63) is 42.3 Å². The number of nitrogens with zero attached hydrogens (tertiary/aromatic N) is 3. The first-order valence-corrected chi connectivity index (χ1v) is 10.1. The second kappa shape index (κ2) is 12.5. The number of rotatable bonds is 7. The summed E-state index contributed by atoms with van der Waals surface area (Å²) in [5, 5.41) is 6.50. The largest absolute Gasteiger partial charge is 0.444 e. The van der Waals surface area contributed by atoms with Gasteiger partial charge in [0.15, 0.2) is 5.96 Å². The lowest BCUT2D eigenvalue weighted by molar-refractivity contribution is 0.0278. The Labute approximate surface area is 201 Å². The summed E-state index contributed by atoms with van der Waals surface area (Å²) in [6, 6.07) is 9.77. The van der Waals surface area contributed by atoms with Crippen LogP contribution in [0.4, 0.5) is 4.79 Å². The number of amides is 1. The van der Waals surface area contributed by atoms with E-state index in [1.54, 1.807) is 25.3 Å². The summed E-state index contributed by atoms with van der Waals surface area (Å²) in [6.45, 7) is 9.35. The Bertz CT molecular complexity index is 833. The van der Waals surface area contributed by atoms with Crippen LogP contribution in [0.15, 0.2) is 46.0 Å². The molecule has 1 unspecified atom stereocenters. The molecule has 0 saturated heterocycles. The molecule has 2 N–H and O–H groups in total. The lowest BCUT2D eigenvalue weighted by Crippen LogP contribution is -2.42. The average molecular weight is 543 g/mol. The minimum Gasteiger partial charge on any atom is -0.444 e. The minimum atomic E-state index is -0.500. The van der Waals surface area contributed by atoms with Gasteiger partial charge in [-0.3, -0.25) is 4.99 Å². The van der Waals surface area contributed by atoms with Crippen molar-refractivity contribution in [3.63, 3.8) is 0 Å². The number of carbonyl (C=O) groups excluding carboxylic acids is 1. The SMILES string of the molecule is CN=C(NCc1coc(-c2ccccc2)n1)NCC(C)CN(C)C(=O)OC(C)(C)C.I. The molecule has 8 nitrogen and oxygen atoms in total. The number of aromatic nitrogens is 1. The first-order chi connectivity index (χ1) is 14.2. The molecule has 1 atom stereocenters. The standard InChI is InChI=1S/C22H33N5O3.HI/c1-16(14-27(6)21(28)30-22(2,3)4)12-24-20(23-5)25-13-18-15-29-19(26-18)17-10-8-7-9-11-17;/h7-11,15-16H,12-14H2,1-6H3,(H2,23,24,25);1H. The smallest absolute Gasteiger partial charge is 0.410 e. The fourth-order valence-electron chi connectivity index (χ4n) is 2.71. The van der Waals surface area contributed by atoms with Gasteiger partial charge in [0.05, 0.1) is 12.2 Å². The molecule has 0 aliphatic heterocycles. The molecule has 0 aliphatic carbocycles. The van der Waals surface area contributed by atoms with Crippen LogP contribution in [-0.4, -0.2) is 54.7 Å². The molecular formula is C22H34IN5O3. The van der Waals surface area contributed by atoms with Crippen LogP contribution in [0.2, 0.25) is 0 Å². The quantitative estimate of drug-likeness (QED) is 0.310. The first kappa shape index (κ1) is 26.7. The second-order valence-electron chi connectivity index (χ2n) is 8.28. The van der Waals surface area contributed by atoms with Gasteiger partial charge in [-0.15, -0.1) is 24.0 Å². The van der Waals surface area contributed by atoms with Gasteiger partial charge in [-0.05, 0) is 38.8 Å². The number of nitrogens with one attached hydrogen (secondary N) is 2. The molecule has 9 heteroatoms. The summed E-state index contributed by atoms with van der Waals surface area (Å²) in [7, 11) is 3.46. The number of oxazole rings is 1. The van der Waals surface area contributed by atoms with E-state index < -0.39 is 5.60 Å². The van der Waals surface area contributed by atoms with E-state index in [4.69, 9.17) is 9.15 Å². The third-order valence-corrected chi connectivity index (χ3v) is 4.14. The van der Waals surface area contributed by atoms with Crippen molar-refractivity contribution >= 4 is 36.0 Å². The van der Waals surface area contributed by atoms with Crippen molar-refractivity contribution in [1.82, 2.24) is 20.5 Å². The number of hydrogen-bond acceptors (Lipinski definition) is 5. The van der Waals surface area contributed by atoms with E-state index >= 15 is 0 Å². The van der Waals surface area contributed by atoms with Gasteiger partial charge < -0.3 is 24.7 Å². The van der Waals surface area contributed by atoms with E-state index in [0.29, 0.717) is 31.5 Å². The molecule has 1 amide bonds. The van der Waals surface area contributed by atoms with Gasteiger partial charge in [0.2, 0.25) is 5.89 Å². The van der Waals surface area contributed by atoms with Crippen molar-refractivity contribution in [2.24, 2.45) is 10.9 Å². The van der Waals surface area contributed by atoms with E-state index in [0.717, 1.165) is 11.3 Å². The number of hydrogen-bond donors (Lipinski definition) is 2. The number of halogens is 1. The molecule has 2 aromatic rings. The third kappa shape index (κ3) is 9.58. The Kier molecular flexibility index (Phi) is 10.8. The lowest BCUT2D eigenvalue weighted by Gasteiger charge is -2.26. The van der Waals surface area contributed by atoms with Crippen LogP contribution in [0.25, 0.3) is 11.5 Å². The van der Waals surface area contributed by atoms with Crippen molar-refractivity contribution in [1.29, 1.82) is 0 Å². The maximum absolute atomic E-state index is 12.1. The minimum absolute atomic E-state index is 0. The average Bonchev–Trinajstić information content (AvgIpc) is 3.16. The summed E-state index contributed by atoms with van der Waals surface area (Å²) >= 11 is 0. The highest BCUT2D eigenvalue weighted by Crippen LogP contribution is 2.17. The van der Waals surface area contributed by atoms with Crippen LogP contribution in [0.1, 0.15) is 33.4 Å². The molecule has 0 radical (unpaired) electrons. The van der Waals surface area contributed by atoms with Crippen LogP contribution in [0.5, 0.6) is 0 Å². The number of benzene rings is 1. The third-order valence-electron chi connectivity index (χ3n) is 4.14. The number of aliphatic imine (C=N–C) groups is 1. The van der Waals surface area contributed by atoms with Gasteiger partial charge in [0, 0.05) is 32.7 Å². The molecule has 1 aromatic heterocycles. The molecule has 1 heterocycles. The van der Waals surface area contributed by atoms with E-state index in [2.05, 4.69) is 27.5 Å². The van der Waals surface area contributed by atoms with Crippen LogP contribution >= 0.6 is 24.0 Å². The Morgan fingerprint density at radius 3 is 2.55 bits per heavy atom. The first-order valence-electron chi connectivity index (χ1n) is 10.1. The van der Waals surface area contributed by atoms with Crippen molar-refractivity contribution in [3.8, 4) is 11.5 Å². The lowest BCUT2D eigenvalue weighted by atomic mass is 10.1. The second-order valence-corrected chi connectivity index (χ2v) is 8.28. The van der Waals surface area contributed by atoms with Crippen LogP contribution < -0.4 is 10.6 Å². The van der Waals surface area contributed by atoms with Gasteiger partial charge in [0.1, 0.15) is 11.9 Å². The van der Waals surface area contributed by atoms with E-state index in [9.17, 15) is 4.79 Å². The fourth-order valence-corrected chi connectivity index (χ4v) is 2.71. The van der Waals surface area contributed by atoms with Gasteiger partial charge in [0.25, 0.3) is 0 Å². The zero-order valence-corrected chi connectivity index (χ0v) is 21.5. The van der Waals surface area contributed by atoms with E-state index in [1.165, 1.54) is 0 Å². The Balaban J connectivity index is 0.00000480. The number of carbonyl (C=O) groups is 1. The Morgan fingerprint density at radius 1 is 1.26 bits per heavy atom. The monoisotopic (exact) mass is 543 g/mol. The summed E-state index contributed by atoms with van der Waals surface area (Å²) in [4.78, 5) is 22.4. The Morgan fingerprint density at radius 2 is 1.94 bits per heavy atom. The predicted octanol–water partition coefficient (Wildman–Crippen LogP) is 4.13. The summed E-state index contributed by atoms with van der Waals surface area (Å²) < 4.78 is 10.9. The normalized spacial score (nSPS) is 12.5. The summed E-state index contributed by atoms with van der Waals surface area (Å²) in [5.74, 6) is 1.46. The van der Waals surface area contributed by atoms with Gasteiger partial charge in [-0.2, -0.15) is 0 Å². The van der Waals surface area contributed by atoms with E-state index in [-0.39, 0.29) is 36.0 Å². The fraction of sp³-hybridized carbons (Fsp3) is 0.500. The number of guanidine groups is 1. The summed E-state index contributed by atoms with van der Waals surface area (Å²) in [5.41, 5.74) is 1.23. The predicted molar refractivity (Wildman–Crippen MR) is 134 cm³/mol. The molecule has 2 rings (SSSR count).